The molecule has 0 aliphatic rings. The van der Waals surface area contributed by atoms with Gasteiger partial charge in [-0.05, 0) is 46.6 Å². The summed E-state index contributed by atoms with van der Waals surface area (Å²) in [7, 11) is 3.98. The molecule has 15 heavy (non-hydrogen) atoms. The van der Waals surface area contributed by atoms with Gasteiger partial charge in [0, 0.05) is 18.6 Å². The Kier molecular flexibility index (Phi) is 4.09. The predicted octanol–water partition coefficient (Wildman–Crippen LogP) is 3.12. The van der Waals surface area contributed by atoms with E-state index in [0.29, 0.717) is 0 Å². The zero-order valence-electron chi connectivity index (χ0n) is 9.12. The molecule has 0 saturated carbocycles. The van der Waals surface area contributed by atoms with Crippen LogP contribution in [0.5, 0.6) is 0 Å². The van der Waals surface area contributed by atoms with Crippen LogP contribution in [-0.2, 0) is 4.79 Å². The number of benzene rings is 1. The van der Waals surface area contributed by atoms with Crippen LogP contribution in [0.4, 0.5) is 5.69 Å². The standard InChI is InChI=1S/C12H14BrNO/c1-9(15)4-5-10-6-7-12(14(2)3)11(13)8-10/h4-8H,1-3H3/b5-4+. The van der Waals surface area contributed by atoms with Crippen LogP contribution in [0.1, 0.15) is 12.5 Å². The topological polar surface area (TPSA) is 20.3 Å². The summed E-state index contributed by atoms with van der Waals surface area (Å²) in [5, 5.41) is 0. The van der Waals surface area contributed by atoms with Gasteiger partial charge in [-0.3, -0.25) is 4.79 Å². The van der Waals surface area contributed by atoms with E-state index in [2.05, 4.69) is 15.9 Å². The Morgan fingerprint density at radius 1 is 1.40 bits per heavy atom. The highest BCUT2D eigenvalue weighted by atomic mass is 79.9. The number of allylic oxidation sites excluding steroid dienone is 1. The second-order valence-corrected chi connectivity index (χ2v) is 4.40. The maximum atomic E-state index is 10.8. The van der Waals surface area contributed by atoms with Crippen molar-refractivity contribution >= 4 is 33.5 Å². The fourth-order valence-corrected chi connectivity index (χ4v) is 1.95. The second-order valence-electron chi connectivity index (χ2n) is 3.55. The summed E-state index contributed by atoms with van der Waals surface area (Å²) in [5.41, 5.74) is 2.14. The Morgan fingerprint density at radius 3 is 2.53 bits per heavy atom. The summed E-state index contributed by atoms with van der Waals surface area (Å²) < 4.78 is 1.03. The molecule has 0 N–H and O–H groups in total. The molecule has 0 amide bonds. The highest BCUT2D eigenvalue weighted by molar-refractivity contribution is 9.10. The van der Waals surface area contributed by atoms with Crippen LogP contribution in [0, 0.1) is 0 Å². The number of carbonyl (C=O) groups is 1. The monoisotopic (exact) mass is 267 g/mol. The molecule has 3 heteroatoms. The lowest BCUT2D eigenvalue weighted by atomic mass is 10.2. The van der Waals surface area contributed by atoms with Crippen molar-refractivity contribution in [1.82, 2.24) is 0 Å². The molecule has 0 heterocycles. The highest BCUT2D eigenvalue weighted by Crippen LogP contribution is 2.26. The molecular formula is C12H14BrNO. The van der Waals surface area contributed by atoms with Gasteiger partial charge in [0.05, 0.1) is 5.69 Å². The van der Waals surface area contributed by atoms with Crippen molar-refractivity contribution in [3.05, 3.63) is 34.3 Å². The molecule has 0 aromatic heterocycles. The van der Waals surface area contributed by atoms with Crippen molar-refractivity contribution in [2.24, 2.45) is 0 Å². The predicted molar refractivity (Wildman–Crippen MR) is 68.2 cm³/mol. The molecule has 0 fully saturated rings. The molecule has 2 nitrogen and oxygen atoms in total. The maximum Gasteiger partial charge on any atom is 0.152 e. The van der Waals surface area contributed by atoms with Gasteiger partial charge in [0.2, 0.25) is 0 Å². The molecule has 0 radical (unpaired) electrons. The summed E-state index contributed by atoms with van der Waals surface area (Å²) in [5.74, 6) is 0.0582. The van der Waals surface area contributed by atoms with Crippen molar-refractivity contribution in [2.45, 2.75) is 6.92 Å². The number of anilines is 1. The fraction of sp³-hybridized carbons (Fsp3) is 0.250. The number of hydrogen-bond acceptors (Lipinski definition) is 2. The van der Waals surface area contributed by atoms with Gasteiger partial charge in [-0.1, -0.05) is 12.1 Å². The summed E-state index contributed by atoms with van der Waals surface area (Å²) in [6.07, 6.45) is 3.38. The van der Waals surface area contributed by atoms with Crippen molar-refractivity contribution in [3.8, 4) is 0 Å². The van der Waals surface area contributed by atoms with E-state index in [0.717, 1.165) is 15.7 Å². The maximum absolute atomic E-state index is 10.8. The first-order valence-corrected chi connectivity index (χ1v) is 5.45. The van der Waals surface area contributed by atoms with Gasteiger partial charge in [-0.25, -0.2) is 0 Å². The van der Waals surface area contributed by atoms with Gasteiger partial charge < -0.3 is 4.90 Å². The third kappa shape index (κ3) is 3.51. The van der Waals surface area contributed by atoms with E-state index < -0.39 is 0 Å². The van der Waals surface area contributed by atoms with Crippen LogP contribution in [0.25, 0.3) is 6.08 Å². The van der Waals surface area contributed by atoms with Gasteiger partial charge in [0.25, 0.3) is 0 Å². The van der Waals surface area contributed by atoms with E-state index in [1.54, 1.807) is 13.0 Å². The van der Waals surface area contributed by atoms with Crippen LogP contribution in [0.15, 0.2) is 28.7 Å². The van der Waals surface area contributed by atoms with E-state index in [4.69, 9.17) is 0 Å². The van der Waals surface area contributed by atoms with Crippen LogP contribution >= 0.6 is 15.9 Å². The number of nitrogens with zero attached hydrogens (tertiary/aromatic N) is 1. The quantitative estimate of drug-likeness (QED) is 0.785. The molecule has 0 aliphatic carbocycles. The average molecular weight is 268 g/mol. The Bertz CT molecular complexity index is 397. The Hall–Kier alpha value is -1.09. The molecule has 0 spiro atoms. The number of halogens is 1. The van der Waals surface area contributed by atoms with Crippen LogP contribution in [0.3, 0.4) is 0 Å². The number of carbonyl (C=O) groups excluding carboxylic acids is 1. The van der Waals surface area contributed by atoms with E-state index >= 15 is 0 Å². The lowest BCUT2D eigenvalue weighted by Gasteiger charge is -2.14. The molecule has 0 bridgehead atoms. The third-order valence-corrected chi connectivity index (χ3v) is 2.60. The fourth-order valence-electron chi connectivity index (χ4n) is 1.20. The molecule has 0 saturated heterocycles. The van der Waals surface area contributed by atoms with Crippen LogP contribution in [-0.4, -0.2) is 19.9 Å². The van der Waals surface area contributed by atoms with E-state index in [9.17, 15) is 4.79 Å². The van der Waals surface area contributed by atoms with Crippen molar-refractivity contribution in [2.75, 3.05) is 19.0 Å². The molecule has 80 valence electrons. The Balaban J connectivity index is 2.96. The summed E-state index contributed by atoms with van der Waals surface area (Å²) in [6.45, 7) is 1.54. The third-order valence-electron chi connectivity index (χ3n) is 1.96. The Morgan fingerprint density at radius 2 is 2.07 bits per heavy atom. The lowest BCUT2D eigenvalue weighted by molar-refractivity contribution is -0.112. The zero-order chi connectivity index (χ0) is 11.4. The molecule has 0 aliphatic heterocycles. The van der Waals surface area contributed by atoms with E-state index in [1.165, 1.54) is 0 Å². The van der Waals surface area contributed by atoms with Gasteiger partial charge in [-0.2, -0.15) is 0 Å². The van der Waals surface area contributed by atoms with Crippen LogP contribution < -0.4 is 4.90 Å². The first-order valence-electron chi connectivity index (χ1n) is 4.66. The average Bonchev–Trinajstić information content (AvgIpc) is 2.14. The van der Waals surface area contributed by atoms with Gasteiger partial charge >= 0.3 is 0 Å². The first kappa shape index (κ1) is 12.0. The van der Waals surface area contributed by atoms with Crippen molar-refractivity contribution in [1.29, 1.82) is 0 Å². The van der Waals surface area contributed by atoms with E-state index in [-0.39, 0.29) is 5.78 Å². The van der Waals surface area contributed by atoms with E-state index in [1.807, 2.05) is 43.3 Å². The van der Waals surface area contributed by atoms with Crippen LogP contribution in [0.2, 0.25) is 0 Å². The number of hydrogen-bond donors (Lipinski definition) is 0. The minimum Gasteiger partial charge on any atom is -0.377 e. The summed E-state index contributed by atoms with van der Waals surface area (Å²) in [4.78, 5) is 12.8. The first-order chi connectivity index (χ1) is 7.00. The summed E-state index contributed by atoms with van der Waals surface area (Å²) in [6, 6.07) is 6.00. The molecule has 1 rings (SSSR count). The van der Waals surface area contributed by atoms with Crippen molar-refractivity contribution < 1.29 is 4.79 Å². The smallest absolute Gasteiger partial charge is 0.152 e. The lowest BCUT2D eigenvalue weighted by Crippen LogP contribution is -2.09. The molecule has 0 atom stereocenters. The minimum absolute atomic E-state index is 0.0582. The normalized spacial score (nSPS) is 10.7. The molecule has 1 aromatic carbocycles. The SMILES string of the molecule is CC(=O)/C=C/c1ccc(N(C)C)c(Br)c1. The zero-order valence-corrected chi connectivity index (χ0v) is 10.7. The Labute approximate surface area is 98.7 Å². The molecule has 0 unspecified atom stereocenters. The van der Waals surface area contributed by atoms with Gasteiger partial charge in [-0.15, -0.1) is 0 Å². The second kappa shape index (κ2) is 5.12. The minimum atomic E-state index is 0.0582. The number of rotatable bonds is 3. The number of ketones is 1. The largest absolute Gasteiger partial charge is 0.377 e. The highest BCUT2D eigenvalue weighted by Gasteiger charge is 2.01. The summed E-state index contributed by atoms with van der Waals surface area (Å²) >= 11 is 3.49. The molecular weight excluding hydrogens is 254 g/mol. The molecule has 1 aromatic rings. The van der Waals surface area contributed by atoms with Crippen molar-refractivity contribution in [3.63, 3.8) is 0 Å². The van der Waals surface area contributed by atoms with Gasteiger partial charge in [0.1, 0.15) is 0 Å². The van der Waals surface area contributed by atoms with Gasteiger partial charge in [0.15, 0.2) is 5.78 Å².